The number of carbonyl (C=O) groups excluding carboxylic acids is 1. The number of benzene rings is 2. The van der Waals surface area contributed by atoms with Gasteiger partial charge in [-0.05, 0) is 56.0 Å². The van der Waals surface area contributed by atoms with Crippen LogP contribution in [0.25, 0.3) is 10.9 Å². The molecule has 5 nitrogen and oxygen atoms in total. The molecule has 3 rings (SSSR count). The highest BCUT2D eigenvalue weighted by Crippen LogP contribution is 2.32. The van der Waals surface area contributed by atoms with E-state index in [4.69, 9.17) is 0 Å². The van der Waals surface area contributed by atoms with Crippen LogP contribution in [-0.2, 0) is 26.0 Å². The molecule has 1 aromatic heterocycles. The van der Waals surface area contributed by atoms with Crippen molar-refractivity contribution in [3.8, 4) is 0 Å². The normalized spacial score (nSPS) is 12.0. The molecular formula is C22H22BrNO4S. The summed E-state index contributed by atoms with van der Waals surface area (Å²) in [6, 6.07) is 12.4. The number of aryl methyl sites for hydroxylation is 2. The molecule has 1 heterocycles. The van der Waals surface area contributed by atoms with E-state index in [1.807, 2.05) is 25.1 Å². The van der Waals surface area contributed by atoms with E-state index in [9.17, 15) is 13.2 Å². The quantitative estimate of drug-likeness (QED) is 0.274. The first-order valence-electron chi connectivity index (χ1n) is 9.20. The summed E-state index contributed by atoms with van der Waals surface area (Å²) in [4.78, 5) is 11.4. The molecule has 0 fully saturated rings. The van der Waals surface area contributed by atoms with Crippen molar-refractivity contribution < 1.29 is 17.9 Å². The Balaban J connectivity index is 1.95. The summed E-state index contributed by atoms with van der Waals surface area (Å²) < 4.78 is 33.3. The van der Waals surface area contributed by atoms with Gasteiger partial charge in [0.15, 0.2) is 0 Å². The molecule has 0 aliphatic heterocycles. The van der Waals surface area contributed by atoms with Crippen LogP contribution in [-0.4, -0.2) is 25.5 Å². The molecular weight excluding hydrogens is 454 g/mol. The molecule has 0 spiro atoms. The van der Waals surface area contributed by atoms with Gasteiger partial charge in [-0.25, -0.2) is 17.2 Å². The second-order valence-electron chi connectivity index (χ2n) is 6.72. The Bertz CT molecular complexity index is 1160. The number of rotatable bonds is 7. The van der Waals surface area contributed by atoms with Gasteiger partial charge in [0.25, 0.3) is 10.0 Å². The maximum Gasteiger partial charge on any atom is 0.330 e. The topological polar surface area (TPSA) is 65.4 Å². The molecule has 3 aromatic rings. The standard InChI is InChI=1S/C22H22BrNO4S/c1-16-11-13-18(14-12-16)29(26,27)24-15-17(7-4-3-5-10-21(25)28-2)22-19(23)8-6-9-20(22)24/h5-6,8-15H,3-4,7H2,1-2H3/b10-5+. The van der Waals surface area contributed by atoms with E-state index in [1.165, 1.54) is 17.2 Å². The minimum Gasteiger partial charge on any atom is -0.466 e. The maximum atomic E-state index is 13.3. The number of hydrogen-bond donors (Lipinski definition) is 0. The van der Waals surface area contributed by atoms with Crippen molar-refractivity contribution in [2.24, 2.45) is 0 Å². The van der Waals surface area contributed by atoms with E-state index < -0.39 is 10.0 Å². The molecule has 152 valence electrons. The van der Waals surface area contributed by atoms with Gasteiger partial charge < -0.3 is 4.74 Å². The first-order chi connectivity index (χ1) is 13.8. The zero-order valence-electron chi connectivity index (χ0n) is 16.3. The minimum absolute atomic E-state index is 0.257. The summed E-state index contributed by atoms with van der Waals surface area (Å²) in [5.41, 5.74) is 2.58. The van der Waals surface area contributed by atoms with Crippen LogP contribution in [0, 0.1) is 6.92 Å². The number of halogens is 1. The third-order valence-electron chi connectivity index (χ3n) is 4.67. The molecule has 0 amide bonds. The minimum atomic E-state index is -3.71. The summed E-state index contributed by atoms with van der Waals surface area (Å²) in [5, 5.41) is 0.889. The Hall–Kier alpha value is -2.38. The number of allylic oxidation sites excluding steroid dienone is 1. The largest absolute Gasteiger partial charge is 0.466 e. The number of aromatic nitrogens is 1. The molecule has 2 aromatic carbocycles. The van der Waals surface area contributed by atoms with Crippen LogP contribution < -0.4 is 0 Å². The van der Waals surface area contributed by atoms with Gasteiger partial charge in [0.05, 0.1) is 17.5 Å². The van der Waals surface area contributed by atoms with E-state index in [-0.39, 0.29) is 10.9 Å². The fraction of sp³-hybridized carbons (Fsp3) is 0.227. The van der Waals surface area contributed by atoms with Crippen molar-refractivity contribution in [1.29, 1.82) is 0 Å². The lowest BCUT2D eigenvalue weighted by molar-refractivity contribution is -0.134. The smallest absolute Gasteiger partial charge is 0.330 e. The van der Waals surface area contributed by atoms with Gasteiger partial charge in [0.1, 0.15) is 0 Å². The average Bonchev–Trinajstić information content (AvgIpc) is 3.08. The number of unbranched alkanes of at least 4 members (excludes halogenated alkanes) is 1. The summed E-state index contributed by atoms with van der Waals surface area (Å²) in [5.74, 6) is -0.381. The summed E-state index contributed by atoms with van der Waals surface area (Å²) in [7, 11) is -2.37. The van der Waals surface area contributed by atoms with E-state index in [0.717, 1.165) is 27.4 Å². The van der Waals surface area contributed by atoms with E-state index >= 15 is 0 Å². The third kappa shape index (κ3) is 4.62. The fourth-order valence-corrected chi connectivity index (χ4v) is 5.15. The number of carbonyl (C=O) groups is 1. The van der Waals surface area contributed by atoms with E-state index in [2.05, 4.69) is 20.7 Å². The van der Waals surface area contributed by atoms with Crippen molar-refractivity contribution in [2.45, 2.75) is 31.1 Å². The van der Waals surface area contributed by atoms with Crippen LogP contribution >= 0.6 is 15.9 Å². The van der Waals surface area contributed by atoms with Crippen LogP contribution in [0.4, 0.5) is 0 Å². The average molecular weight is 476 g/mol. The Labute approximate surface area is 179 Å². The van der Waals surface area contributed by atoms with Crippen molar-refractivity contribution in [3.63, 3.8) is 0 Å². The van der Waals surface area contributed by atoms with Gasteiger partial charge in [-0.1, -0.05) is 45.8 Å². The van der Waals surface area contributed by atoms with Crippen LogP contribution in [0.2, 0.25) is 0 Å². The zero-order chi connectivity index (χ0) is 21.0. The highest BCUT2D eigenvalue weighted by molar-refractivity contribution is 9.10. The van der Waals surface area contributed by atoms with Gasteiger partial charge in [-0.3, -0.25) is 0 Å². The predicted octanol–water partition coefficient (Wildman–Crippen LogP) is 5.00. The summed E-state index contributed by atoms with van der Waals surface area (Å²) in [6.07, 6.45) is 7.02. The van der Waals surface area contributed by atoms with Gasteiger partial charge in [0, 0.05) is 22.1 Å². The molecule has 0 aliphatic carbocycles. The lowest BCUT2D eigenvalue weighted by atomic mass is 10.1. The second-order valence-corrected chi connectivity index (χ2v) is 9.39. The number of methoxy groups -OCH3 is 1. The molecule has 0 radical (unpaired) electrons. The van der Waals surface area contributed by atoms with Gasteiger partial charge in [-0.15, -0.1) is 0 Å². The predicted molar refractivity (Wildman–Crippen MR) is 117 cm³/mol. The molecule has 0 N–H and O–H groups in total. The van der Waals surface area contributed by atoms with Crippen LogP contribution in [0.1, 0.15) is 24.0 Å². The van der Waals surface area contributed by atoms with E-state index in [0.29, 0.717) is 18.4 Å². The van der Waals surface area contributed by atoms with Gasteiger partial charge >= 0.3 is 5.97 Å². The molecule has 7 heteroatoms. The second kappa shape index (κ2) is 8.97. The molecule has 0 saturated heterocycles. The van der Waals surface area contributed by atoms with Crippen molar-refractivity contribution >= 4 is 42.8 Å². The number of hydrogen-bond acceptors (Lipinski definition) is 4. The Morgan fingerprint density at radius 3 is 2.59 bits per heavy atom. The SMILES string of the molecule is COC(=O)/C=C/CCCc1cn(S(=O)(=O)c2ccc(C)cc2)c2cccc(Br)c12. The molecule has 0 bridgehead atoms. The maximum absolute atomic E-state index is 13.3. The highest BCUT2D eigenvalue weighted by atomic mass is 79.9. The monoisotopic (exact) mass is 475 g/mol. The fourth-order valence-electron chi connectivity index (χ4n) is 3.16. The highest BCUT2D eigenvalue weighted by Gasteiger charge is 2.22. The van der Waals surface area contributed by atoms with Crippen LogP contribution in [0.15, 0.2) is 70.2 Å². The summed E-state index contributed by atoms with van der Waals surface area (Å²) in [6.45, 7) is 1.92. The van der Waals surface area contributed by atoms with E-state index in [1.54, 1.807) is 36.5 Å². The first kappa shape index (κ1) is 21.3. The first-order valence-corrected chi connectivity index (χ1v) is 11.4. The Kier molecular flexibility index (Phi) is 6.59. The summed E-state index contributed by atoms with van der Waals surface area (Å²) >= 11 is 3.56. The number of esters is 1. The van der Waals surface area contributed by atoms with Crippen molar-refractivity contribution in [3.05, 3.63) is 76.4 Å². The number of ether oxygens (including phenoxy) is 1. The molecule has 29 heavy (non-hydrogen) atoms. The van der Waals surface area contributed by atoms with Crippen molar-refractivity contribution in [1.82, 2.24) is 3.97 Å². The van der Waals surface area contributed by atoms with Crippen molar-refractivity contribution in [2.75, 3.05) is 7.11 Å². The Morgan fingerprint density at radius 1 is 1.17 bits per heavy atom. The van der Waals surface area contributed by atoms with Gasteiger partial charge in [-0.2, -0.15) is 0 Å². The molecule has 0 aliphatic rings. The molecule has 0 saturated carbocycles. The van der Waals surface area contributed by atoms with Crippen LogP contribution in [0.3, 0.4) is 0 Å². The lowest BCUT2D eigenvalue weighted by Crippen LogP contribution is -2.11. The number of nitrogens with zero attached hydrogens (tertiary/aromatic N) is 1. The van der Waals surface area contributed by atoms with Gasteiger partial charge in [0.2, 0.25) is 0 Å². The zero-order valence-corrected chi connectivity index (χ0v) is 18.7. The van der Waals surface area contributed by atoms with Crippen LogP contribution in [0.5, 0.6) is 0 Å². The lowest BCUT2D eigenvalue weighted by Gasteiger charge is -2.08. The third-order valence-corrected chi connectivity index (χ3v) is 7.02. The molecule has 0 unspecified atom stereocenters. The molecule has 0 atom stereocenters. The number of fused-ring (bicyclic) bond motifs is 1. The Morgan fingerprint density at radius 2 is 1.90 bits per heavy atom.